The second kappa shape index (κ2) is 8.54. The first-order valence-corrected chi connectivity index (χ1v) is 10.9. The van der Waals surface area contributed by atoms with Gasteiger partial charge in [0.2, 0.25) is 0 Å². The van der Waals surface area contributed by atoms with Crippen molar-refractivity contribution in [2.45, 2.75) is 0 Å². The molecule has 0 radical (unpaired) electrons. The Hall–Kier alpha value is -4.54. The molecular formula is C26H15N3O3S. The van der Waals surface area contributed by atoms with Gasteiger partial charge in [-0.15, -0.1) is 11.3 Å². The summed E-state index contributed by atoms with van der Waals surface area (Å²) < 4.78 is 5.84. The summed E-state index contributed by atoms with van der Waals surface area (Å²) in [6.45, 7) is 0. The Bertz CT molecular complexity index is 1560. The Labute approximate surface area is 192 Å². The number of thiazole rings is 1. The number of rotatable bonds is 5. The van der Waals surface area contributed by atoms with Gasteiger partial charge in [-0.25, -0.2) is 4.98 Å². The van der Waals surface area contributed by atoms with Crippen LogP contribution in [0.2, 0.25) is 0 Å². The molecule has 0 fully saturated rings. The number of allylic oxidation sites excluding steroid dienone is 1. The van der Waals surface area contributed by atoms with Gasteiger partial charge in [-0.05, 0) is 41.1 Å². The number of furan rings is 1. The van der Waals surface area contributed by atoms with Crippen LogP contribution in [0.15, 0.2) is 88.7 Å². The molecule has 0 spiro atoms. The first-order valence-electron chi connectivity index (χ1n) is 10.0. The fraction of sp³-hybridized carbons (Fsp3) is 0. The summed E-state index contributed by atoms with van der Waals surface area (Å²) in [5.74, 6) is 1.06. The van der Waals surface area contributed by atoms with Crippen LogP contribution in [0.4, 0.5) is 5.69 Å². The lowest BCUT2D eigenvalue weighted by molar-refractivity contribution is -0.384. The van der Waals surface area contributed by atoms with Crippen molar-refractivity contribution in [3.05, 3.63) is 105 Å². The number of hydrogen-bond donors (Lipinski definition) is 0. The lowest BCUT2D eigenvalue weighted by Gasteiger charge is -2.00. The molecule has 3 aromatic carbocycles. The number of non-ortho nitro benzene ring substituents is 1. The molecule has 0 N–H and O–H groups in total. The molecule has 7 heteroatoms. The van der Waals surface area contributed by atoms with Crippen molar-refractivity contribution in [3.63, 3.8) is 0 Å². The van der Waals surface area contributed by atoms with Gasteiger partial charge >= 0.3 is 0 Å². The molecule has 5 rings (SSSR count). The van der Waals surface area contributed by atoms with Crippen molar-refractivity contribution in [2.75, 3.05) is 0 Å². The number of nitro benzene ring substituents is 1. The maximum absolute atomic E-state index is 10.8. The number of nitro groups is 1. The van der Waals surface area contributed by atoms with E-state index >= 15 is 0 Å². The molecule has 33 heavy (non-hydrogen) atoms. The van der Waals surface area contributed by atoms with Crippen LogP contribution in [0.3, 0.4) is 0 Å². The number of aromatic nitrogens is 1. The minimum absolute atomic E-state index is 0.0168. The molecule has 6 nitrogen and oxygen atoms in total. The molecular weight excluding hydrogens is 434 g/mol. The first-order chi connectivity index (χ1) is 16.1. The van der Waals surface area contributed by atoms with Gasteiger partial charge in [-0.3, -0.25) is 10.1 Å². The molecule has 0 amide bonds. The average molecular weight is 449 g/mol. The third-order valence-electron chi connectivity index (χ3n) is 5.18. The maximum atomic E-state index is 10.8. The Balaban J connectivity index is 1.41. The number of nitrogens with zero attached hydrogens (tertiary/aromatic N) is 3. The van der Waals surface area contributed by atoms with Gasteiger partial charge in [-0.2, -0.15) is 5.26 Å². The van der Waals surface area contributed by atoms with E-state index in [2.05, 4.69) is 35.3 Å². The summed E-state index contributed by atoms with van der Waals surface area (Å²) in [4.78, 5) is 15.1. The minimum Gasteiger partial charge on any atom is -0.457 e. The van der Waals surface area contributed by atoms with Gasteiger partial charge in [0.15, 0.2) is 0 Å². The van der Waals surface area contributed by atoms with Gasteiger partial charge in [0.25, 0.3) is 5.69 Å². The number of nitriles is 1. The summed E-state index contributed by atoms with van der Waals surface area (Å²) in [6.07, 6.45) is 1.65. The van der Waals surface area contributed by atoms with E-state index in [1.54, 1.807) is 30.3 Å². The molecule has 0 aliphatic heterocycles. The summed E-state index contributed by atoms with van der Waals surface area (Å²) in [7, 11) is 0. The first kappa shape index (κ1) is 20.4. The van der Waals surface area contributed by atoms with E-state index in [1.165, 1.54) is 23.5 Å². The summed E-state index contributed by atoms with van der Waals surface area (Å²) in [5.41, 5.74) is 2.94. The van der Waals surface area contributed by atoms with Crippen LogP contribution in [0.1, 0.15) is 10.8 Å². The molecule has 2 aromatic heterocycles. The summed E-state index contributed by atoms with van der Waals surface area (Å²) >= 11 is 1.40. The quantitative estimate of drug-likeness (QED) is 0.161. The molecule has 0 atom stereocenters. The number of hydrogen-bond acceptors (Lipinski definition) is 6. The molecule has 158 valence electrons. The smallest absolute Gasteiger partial charge is 0.269 e. The highest BCUT2D eigenvalue weighted by molar-refractivity contribution is 7.11. The van der Waals surface area contributed by atoms with Gasteiger partial charge in [0.1, 0.15) is 22.6 Å². The standard InChI is InChI=1S/C26H15N3O3S/c27-15-21(14-23-11-12-25(32-23)18-7-9-22(10-8-18)29(30)31)26-28-24(16-33-26)20-6-5-17-3-1-2-4-19(17)13-20/h1-14,16H/b21-14+. The van der Waals surface area contributed by atoms with Crippen LogP contribution in [-0.2, 0) is 0 Å². The van der Waals surface area contributed by atoms with Crippen molar-refractivity contribution in [3.8, 4) is 28.7 Å². The van der Waals surface area contributed by atoms with Crippen molar-refractivity contribution in [1.82, 2.24) is 4.98 Å². The molecule has 0 saturated heterocycles. The van der Waals surface area contributed by atoms with Crippen LogP contribution in [-0.4, -0.2) is 9.91 Å². The van der Waals surface area contributed by atoms with E-state index in [4.69, 9.17) is 4.42 Å². The number of fused-ring (bicyclic) bond motifs is 1. The van der Waals surface area contributed by atoms with Crippen molar-refractivity contribution >= 4 is 39.4 Å². The largest absolute Gasteiger partial charge is 0.457 e. The SMILES string of the molecule is N#C/C(=C\c1ccc(-c2ccc([N+](=O)[O-])cc2)o1)c1nc(-c2ccc3ccccc3c2)cs1. The minimum atomic E-state index is -0.445. The Kier molecular flexibility index (Phi) is 5.27. The summed E-state index contributed by atoms with van der Waals surface area (Å²) in [5, 5.41) is 25.4. The fourth-order valence-corrected chi connectivity index (χ4v) is 4.29. The van der Waals surface area contributed by atoms with Gasteiger partial charge < -0.3 is 4.42 Å². The normalized spacial score (nSPS) is 11.4. The molecule has 0 aliphatic carbocycles. The van der Waals surface area contributed by atoms with E-state index in [0.29, 0.717) is 27.7 Å². The van der Waals surface area contributed by atoms with E-state index in [-0.39, 0.29) is 5.69 Å². The third kappa shape index (κ3) is 4.15. The molecule has 5 aromatic rings. The van der Waals surface area contributed by atoms with Crippen molar-refractivity contribution < 1.29 is 9.34 Å². The topological polar surface area (TPSA) is 93.0 Å². The lowest BCUT2D eigenvalue weighted by atomic mass is 10.1. The van der Waals surface area contributed by atoms with E-state index < -0.39 is 4.92 Å². The highest BCUT2D eigenvalue weighted by Crippen LogP contribution is 2.30. The van der Waals surface area contributed by atoms with Crippen molar-refractivity contribution in [1.29, 1.82) is 5.26 Å². The zero-order chi connectivity index (χ0) is 22.8. The van der Waals surface area contributed by atoms with Crippen LogP contribution in [0, 0.1) is 21.4 Å². The van der Waals surface area contributed by atoms with Crippen molar-refractivity contribution in [2.24, 2.45) is 0 Å². The molecule has 2 heterocycles. The van der Waals surface area contributed by atoms with E-state index in [0.717, 1.165) is 22.0 Å². The highest BCUT2D eigenvalue weighted by atomic mass is 32.1. The molecule has 0 bridgehead atoms. The predicted molar refractivity (Wildman–Crippen MR) is 129 cm³/mol. The molecule has 0 unspecified atom stereocenters. The zero-order valence-corrected chi connectivity index (χ0v) is 18.0. The van der Waals surface area contributed by atoms with Gasteiger partial charge in [0.05, 0.1) is 16.2 Å². The van der Waals surface area contributed by atoms with Crippen LogP contribution >= 0.6 is 11.3 Å². The van der Waals surface area contributed by atoms with E-state index in [9.17, 15) is 15.4 Å². The summed E-state index contributed by atoms with van der Waals surface area (Å²) in [6, 6.07) is 26.2. The fourth-order valence-electron chi connectivity index (χ4n) is 3.50. The Morgan fingerprint density at radius 2 is 1.76 bits per heavy atom. The van der Waals surface area contributed by atoms with Crippen LogP contribution in [0.25, 0.3) is 45.0 Å². The third-order valence-corrected chi connectivity index (χ3v) is 6.05. The maximum Gasteiger partial charge on any atom is 0.269 e. The highest BCUT2D eigenvalue weighted by Gasteiger charge is 2.12. The van der Waals surface area contributed by atoms with Gasteiger partial charge in [0, 0.05) is 34.7 Å². The van der Waals surface area contributed by atoms with E-state index in [1.807, 2.05) is 23.6 Å². The monoisotopic (exact) mass is 449 g/mol. The second-order valence-electron chi connectivity index (χ2n) is 7.28. The van der Waals surface area contributed by atoms with Gasteiger partial charge in [-0.1, -0.05) is 36.4 Å². The lowest BCUT2D eigenvalue weighted by Crippen LogP contribution is -1.86. The Morgan fingerprint density at radius 3 is 2.52 bits per heavy atom. The molecule has 0 saturated carbocycles. The number of benzene rings is 3. The second-order valence-corrected chi connectivity index (χ2v) is 8.13. The zero-order valence-electron chi connectivity index (χ0n) is 17.1. The predicted octanol–water partition coefficient (Wildman–Crippen LogP) is 7.20. The van der Waals surface area contributed by atoms with Crippen LogP contribution < -0.4 is 0 Å². The average Bonchev–Trinajstić information content (AvgIpc) is 3.52. The van der Waals surface area contributed by atoms with Crippen LogP contribution in [0.5, 0.6) is 0 Å². The molecule has 0 aliphatic rings. The Morgan fingerprint density at radius 1 is 1.00 bits per heavy atom.